The van der Waals surface area contributed by atoms with Crippen molar-refractivity contribution < 1.29 is 9.94 Å². The molecule has 0 spiro atoms. The Kier molecular flexibility index (Phi) is 6.92. The maximum atomic E-state index is 8.74. The van der Waals surface area contributed by atoms with Gasteiger partial charge in [0, 0.05) is 25.6 Å². The summed E-state index contributed by atoms with van der Waals surface area (Å²) in [4.78, 5) is 0. The fraction of sp³-hybridized carbons (Fsp3) is 0.500. The summed E-state index contributed by atoms with van der Waals surface area (Å²) in [5.74, 6) is 0.216. The second-order valence-electron chi connectivity index (χ2n) is 4.49. The van der Waals surface area contributed by atoms with E-state index in [2.05, 4.69) is 17.4 Å². The highest BCUT2D eigenvalue weighted by molar-refractivity contribution is 5.80. The minimum Gasteiger partial charge on any atom is -0.409 e. The van der Waals surface area contributed by atoms with Crippen LogP contribution in [0.3, 0.4) is 0 Å². The summed E-state index contributed by atoms with van der Waals surface area (Å²) in [7, 11) is 1.69. The normalized spacial score (nSPS) is 15.2. The molecular formula is C14H23N3O2. The number of nitrogens with one attached hydrogen (secondary N) is 1. The van der Waals surface area contributed by atoms with E-state index in [-0.39, 0.29) is 17.9 Å². The van der Waals surface area contributed by atoms with Crippen LogP contribution in [0.1, 0.15) is 31.4 Å². The Bertz CT molecular complexity index is 382. The largest absolute Gasteiger partial charge is 0.409 e. The van der Waals surface area contributed by atoms with E-state index in [1.807, 2.05) is 30.3 Å². The Morgan fingerprint density at radius 2 is 2.11 bits per heavy atom. The Balaban J connectivity index is 2.80. The molecule has 19 heavy (non-hydrogen) atoms. The van der Waals surface area contributed by atoms with E-state index < -0.39 is 0 Å². The first kappa shape index (κ1) is 15.5. The second kappa shape index (κ2) is 8.50. The molecule has 5 heteroatoms. The van der Waals surface area contributed by atoms with E-state index in [4.69, 9.17) is 15.7 Å². The highest BCUT2D eigenvalue weighted by Crippen LogP contribution is 2.18. The molecule has 1 rings (SSSR count). The average molecular weight is 265 g/mol. The predicted molar refractivity (Wildman–Crippen MR) is 76.3 cm³/mol. The standard InChI is InChI=1S/C14H23N3O2/c1-3-12(10-19-2)16-13(9-14(15)17-18)11-7-5-4-6-8-11/h4-8,12-13,16,18H,3,9-10H2,1-2H3,(H2,15,17). The van der Waals surface area contributed by atoms with Crippen LogP contribution < -0.4 is 11.1 Å². The van der Waals surface area contributed by atoms with Crippen molar-refractivity contribution in [2.45, 2.75) is 31.8 Å². The summed E-state index contributed by atoms with van der Waals surface area (Å²) in [6, 6.07) is 10.2. The number of nitrogens with zero attached hydrogens (tertiary/aromatic N) is 1. The average Bonchev–Trinajstić information content (AvgIpc) is 2.46. The van der Waals surface area contributed by atoms with Crippen molar-refractivity contribution in [1.82, 2.24) is 5.32 Å². The van der Waals surface area contributed by atoms with Crippen LogP contribution >= 0.6 is 0 Å². The Labute approximate surface area is 114 Å². The topological polar surface area (TPSA) is 79.9 Å². The summed E-state index contributed by atoms with van der Waals surface area (Å²) in [5.41, 5.74) is 6.75. The number of nitrogens with two attached hydrogens (primary N) is 1. The minimum absolute atomic E-state index is 0.0113. The fourth-order valence-electron chi connectivity index (χ4n) is 1.98. The van der Waals surface area contributed by atoms with Gasteiger partial charge in [-0.1, -0.05) is 42.4 Å². The van der Waals surface area contributed by atoms with Crippen LogP contribution in [0.5, 0.6) is 0 Å². The molecule has 0 saturated carbocycles. The fourth-order valence-corrected chi connectivity index (χ4v) is 1.98. The number of ether oxygens (including phenoxy) is 1. The lowest BCUT2D eigenvalue weighted by Crippen LogP contribution is -2.37. The number of methoxy groups -OCH3 is 1. The zero-order chi connectivity index (χ0) is 14.1. The van der Waals surface area contributed by atoms with Gasteiger partial charge in [0.2, 0.25) is 0 Å². The third kappa shape index (κ3) is 5.28. The lowest BCUT2D eigenvalue weighted by Gasteiger charge is -2.24. The number of hydrogen-bond acceptors (Lipinski definition) is 4. The lowest BCUT2D eigenvalue weighted by molar-refractivity contribution is 0.158. The monoisotopic (exact) mass is 265 g/mol. The minimum atomic E-state index is 0.0113. The highest BCUT2D eigenvalue weighted by Gasteiger charge is 2.17. The van der Waals surface area contributed by atoms with Gasteiger partial charge in [0.25, 0.3) is 0 Å². The van der Waals surface area contributed by atoms with Crippen molar-refractivity contribution >= 4 is 5.84 Å². The number of oxime groups is 1. The van der Waals surface area contributed by atoms with Gasteiger partial charge in [-0.2, -0.15) is 0 Å². The predicted octanol–water partition coefficient (Wildman–Crippen LogP) is 1.88. The van der Waals surface area contributed by atoms with E-state index in [1.165, 1.54) is 0 Å². The first-order chi connectivity index (χ1) is 9.21. The number of amidine groups is 1. The summed E-state index contributed by atoms with van der Waals surface area (Å²) >= 11 is 0. The molecule has 0 radical (unpaired) electrons. The highest BCUT2D eigenvalue weighted by atomic mass is 16.5. The molecule has 1 aromatic carbocycles. The van der Waals surface area contributed by atoms with E-state index in [0.29, 0.717) is 13.0 Å². The van der Waals surface area contributed by atoms with Crippen molar-refractivity contribution in [2.75, 3.05) is 13.7 Å². The van der Waals surface area contributed by atoms with Crippen molar-refractivity contribution in [1.29, 1.82) is 0 Å². The Hall–Kier alpha value is -1.59. The second-order valence-corrected chi connectivity index (χ2v) is 4.49. The molecule has 4 N–H and O–H groups in total. The van der Waals surface area contributed by atoms with Gasteiger partial charge in [-0.25, -0.2) is 0 Å². The van der Waals surface area contributed by atoms with Gasteiger partial charge in [0.15, 0.2) is 0 Å². The Morgan fingerprint density at radius 3 is 2.63 bits per heavy atom. The number of rotatable bonds is 8. The molecule has 1 aromatic rings. The first-order valence-electron chi connectivity index (χ1n) is 6.47. The molecule has 0 amide bonds. The molecular weight excluding hydrogens is 242 g/mol. The third-order valence-electron chi connectivity index (χ3n) is 3.04. The van der Waals surface area contributed by atoms with Crippen LogP contribution in [0.25, 0.3) is 0 Å². The first-order valence-corrected chi connectivity index (χ1v) is 6.47. The molecule has 0 fully saturated rings. The van der Waals surface area contributed by atoms with Gasteiger partial charge in [-0.15, -0.1) is 0 Å². The van der Waals surface area contributed by atoms with Crippen LogP contribution in [0.15, 0.2) is 35.5 Å². The van der Waals surface area contributed by atoms with Gasteiger partial charge in [0.1, 0.15) is 5.84 Å². The molecule has 106 valence electrons. The molecule has 0 heterocycles. The van der Waals surface area contributed by atoms with Crippen molar-refractivity contribution in [3.8, 4) is 0 Å². The summed E-state index contributed by atoms with van der Waals surface area (Å²) in [6.07, 6.45) is 1.41. The number of hydrogen-bond donors (Lipinski definition) is 3. The van der Waals surface area contributed by atoms with Crippen LogP contribution in [-0.4, -0.2) is 30.8 Å². The van der Waals surface area contributed by atoms with E-state index in [1.54, 1.807) is 7.11 Å². The van der Waals surface area contributed by atoms with Gasteiger partial charge >= 0.3 is 0 Å². The molecule has 0 aliphatic heterocycles. The van der Waals surface area contributed by atoms with Gasteiger partial charge in [0.05, 0.1) is 6.61 Å². The molecule has 0 bridgehead atoms. The van der Waals surface area contributed by atoms with E-state index >= 15 is 0 Å². The maximum Gasteiger partial charge on any atom is 0.141 e. The van der Waals surface area contributed by atoms with Crippen molar-refractivity contribution in [3.05, 3.63) is 35.9 Å². The van der Waals surface area contributed by atoms with Gasteiger partial charge in [-0.05, 0) is 12.0 Å². The molecule has 0 aliphatic rings. The molecule has 0 saturated heterocycles. The van der Waals surface area contributed by atoms with Crippen molar-refractivity contribution in [2.24, 2.45) is 10.9 Å². The summed E-state index contributed by atoms with van der Waals surface area (Å²) in [5, 5.41) is 15.3. The quantitative estimate of drug-likeness (QED) is 0.290. The Morgan fingerprint density at radius 1 is 1.42 bits per heavy atom. The van der Waals surface area contributed by atoms with Crippen LogP contribution in [0.2, 0.25) is 0 Å². The third-order valence-corrected chi connectivity index (χ3v) is 3.04. The molecule has 5 nitrogen and oxygen atoms in total. The van der Waals surface area contributed by atoms with E-state index in [0.717, 1.165) is 12.0 Å². The summed E-state index contributed by atoms with van der Waals surface area (Å²) in [6.45, 7) is 2.73. The zero-order valence-electron chi connectivity index (χ0n) is 11.5. The van der Waals surface area contributed by atoms with Crippen LogP contribution in [0, 0.1) is 0 Å². The molecule has 2 atom stereocenters. The van der Waals surface area contributed by atoms with Gasteiger partial charge in [-0.3, -0.25) is 0 Å². The lowest BCUT2D eigenvalue weighted by atomic mass is 10.0. The molecule has 0 aliphatic carbocycles. The molecule has 0 aromatic heterocycles. The van der Waals surface area contributed by atoms with Gasteiger partial charge < -0.3 is 21.0 Å². The van der Waals surface area contributed by atoms with Crippen LogP contribution in [-0.2, 0) is 4.74 Å². The van der Waals surface area contributed by atoms with Crippen LogP contribution in [0.4, 0.5) is 0 Å². The summed E-state index contributed by atoms with van der Waals surface area (Å²) < 4.78 is 5.19. The molecule has 2 unspecified atom stereocenters. The smallest absolute Gasteiger partial charge is 0.141 e. The maximum absolute atomic E-state index is 8.74. The van der Waals surface area contributed by atoms with E-state index in [9.17, 15) is 0 Å². The van der Waals surface area contributed by atoms with Crippen molar-refractivity contribution in [3.63, 3.8) is 0 Å². The number of benzene rings is 1. The zero-order valence-corrected chi connectivity index (χ0v) is 11.5. The SMILES string of the molecule is CCC(COC)NC(CC(N)=NO)c1ccccc1.